The zero-order valence-corrected chi connectivity index (χ0v) is 9.46. The molecule has 2 aromatic rings. The normalized spacial score (nSPS) is 9.94. The fourth-order valence-corrected chi connectivity index (χ4v) is 1.44. The van der Waals surface area contributed by atoms with Crippen LogP contribution < -0.4 is 10.2 Å². The zero-order valence-electron chi connectivity index (χ0n) is 9.46. The largest absolute Gasteiger partial charge is 0.493 e. The maximum Gasteiger partial charge on any atom is 0.273 e. The number of nitrogens with zero attached hydrogens (tertiary/aromatic N) is 2. The highest BCUT2D eigenvalue weighted by Crippen LogP contribution is 2.17. The number of rotatable bonds is 4. The molecule has 0 fully saturated rings. The molecule has 0 aliphatic rings. The Morgan fingerprint density at radius 2 is 2.29 bits per heavy atom. The molecule has 0 unspecified atom stereocenters. The van der Waals surface area contributed by atoms with Gasteiger partial charge in [-0.25, -0.2) is 9.66 Å². The number of amides is 1. The van der Waals surface area contributed by atoms with E-state index >= 15 is 0 Å². The summed E-state index contributed by atoms with van der Waals surface area (Å²) >= 11 is 0. The van der Waals surface area contributed by atoms with Crippen LogP contribution in [-0.2, 0) is 0 Å². The molecule has 0 bridgehead atoms. The molecule has 0 radical (unpaired) electrons. The van der Waals surface area contributed by atoms with Crippen molar-refractivity contribution in [2.45, 2.75) is 6.92 Å². The molecule has 0 spiro atoms. The monoisotopic (exact) mass is 231 g/mol. The first kappa shape index (κ1) is 11.2. The molecule has 0 aliphatic carbocycles. The van der Waals surface area contributed by atoms with Gasteiger partial charge in [-0.15, -0.1) is 0 Å². The molecular formula is C12H13N3O2. The van der Waals surface area contributed by atoms with Gasteiger partial charge in [0.2, 0.25) is 0 Å². The third-order valence-electron chi connectivity index (χ3n) is 2.17. The minimum atomic E-state index is -0.230. The summed E-state index contributed by atoms with van der Waals surface area (Å²) in [5.74, 6) is 0.347. The van der Waals surface area contributed by atoms with Crippen molar-refractivity contribution in [2.75, 3.05) is 12.0 Å². The molecule has 0 saturated carbocycles. The van der Waals surface area contributed by atoms with Gasteiger partial charge in [-0.2, -0.15) is 0 Å². The Balaban J connectivity index is 2.18. The van der Waals surface area contributed by atoms with Gasteiger partial charge < -0.3 is 4.74 Å². The average molecular weight is 231 g/mol. The minimum absolute atomic E-state index is 0.230. The van der Waals surface area contributed by atoms with E-state index in [0.717, 1.165) is 0 Å². The smallest absolute Gasteiger partial charge is 0.273 e. The van der Waals surface area contributed by atoms with Gasteiger partial charge in [-0.05, 0) is 19.1 Å². The molecule has 5 heteroatoms. The fourth-order valence-electron chi connectivity index (χ4n) is 1.44. The van der Waals surface area contributed by atoms with E-state index in [9.17, 15) is 4.79 Å². The highest BCUT2D eigenvalue weighted by molar-refractivity contribution is 6.02. The highest BCUT2D eigenvalue weighted by atomic mass is 16.5. The Morgan fingerprint density at radius 3 is 3.00 bits per heavy atom. The second kappa shape index (κ2) is 5.16. The Labute approximate surface area is 99.0 Å². The van der Waals surface area contributed by atoms with Crippen LogP contribution in [-0.4, -0.2) is 22.2 Å². The number of hydrogen-bond donors (Lipinski definition) is 1. The molecule has 88 valence electrons. The lowest BCUT2D eigenvalue weighted by molar-refractivity contribution is 0.100. The number of benzene rings is 1. The standard InChI is InChI=1S/C12H13N3O2/c1-2-17-11-6-4-3-5-10(11)12(16)14-15-8-7-13-9-15/h3-9H,2H2,1H3,(H,14,16). The lowest BCUT2D eigenvalue weighted by atomic mass is 10.2. The first-order valence-corrected chi connectivity index (χ1v) is 5.32. The molecule has 1 heterocycles. The first-order valence-electron chi connectivity index (χ1n) is 5.32. The van der Waals surface area contributed by atoms with Crippen molar-refractivity contribution in [3.8, 4) is 5.75 Å². The summed E-state index contributed by atoms with van der Waals surface area (Å²) in [5.41, 5.74) is 3.18. The quantitative estimate of drug-likeness (QED) is 0.870. The summed E-state index contributed by atoms with van der Waals surface area (Å²) in [4.78, 5) is 15.8. The number of carbonyl (C=O) groups excluding carboxylic acids is 1. The molecule has 1 amide bonds. The molecule has 1 aromatic carbocycles. The van der Waals surface area contributed by atoms with Crippen LogP contribution in [0.3, 0.4) is 0 Å². The van der Waals surface area contributed by atoms with Crippen molar-refractivity contribution in [3.05, 3.63) is 48.5 Å². The van der Waals surface area contributed by atoms with Crippen LogP contribution in [0.4, 0.5) is 0 Å². The van der Waals surface area contributed by atoms with E-state index in [0.29, 0.717) is 17.9 Å². The average Bonchev–Trinajstić information content (AvgIpc) is 2.83. The first-order chi connectivity index (χ1) is 8.31. The summed E-state index contributed by atoms with van der Waals surface area (Å²) in [6.45, 7) is 2.40. The summed E-state index contributed by atoms with van der Waals surface area (Å²) in [6, 6.07) is 7.12. The zero-order chi connectivity index (χ0) is 12.1. The minimum Gasteiger partial charge on any atom is -0.493 e. The van der Waals surface area contributed by atoms with E-state index in [-0.39, 0.29) is 5.91 Å². The van der Waals surface area contributed by atoms with Crippen LogP contribution in [0.5, 0.6) is 5.75 Å². The van der Waals surface area contributed by atoms with E-state index in [1.54, 1.807) is 30.6 Å². The van der Waals surface area contributed by atoms with Crippen molar-refractivity contribution in [3.63, 3.8) is 0 Å². The van der Waals surface area contributed by atoms with E-state index < -0.39 is 0 Å². The van der Waals surface area contributed by atoms with Crippen LogP contribution in [0, 0.1) is 0 Å². The summed E-state index contributed by atoms with van der Waals surface area (Å²) in [6.07, 6.45) is 4.76. The summed E-state index contributed by atoms with van der Waals surface area (Å²) < 4.78 is 6.88. The number of carbonyl (C=O) groups is 1. The molecule has 17 heavy (non-hydrogen) atoms. The summed E-state index contributed by atoms with van der Waals surface area (Å²) in [5, 5.41) is 0. The van der Waals surface area contributed by atoms with E-state index in [4.69, 9.17) is 4.74 Å². The molecule has 2 rings (SSSR count). The number of ether oxygens (including phenoxy) is 1. The SMILES string of the molecule is CCOc1ccccc1C(=O)Nn1ccnc1. The number of para-hydroxylation sites is 1. The Hall–Kier alpha value is -2.30. The molecule has 1 aromatic heterocycles. The van der Waals surface area contributed by atoms with E-state index in [1.807, 2.05) is 13.0 Å². The van der Waals surface area contributed by atoms with Crippen LogP contribution in [0.1, 0.15) is 17.3 Å². The van der Waals surface area contributed by atoms with E-state index in [1.165, 1.54) is 11.0 Å². The van der Waals surface area contributed by atoms with Crippen molar-refractivity contribution < 1.29 is 9.53 Å². The number of imidazole rings is 1. The maximum absolute atomic E-state index is 12.0. The van der Waals surface area contributed by atoms with Gasteiger partial charge in [-0.3, -0.25) is 10.2 Å². The molecule has 1 N–H and O–H groups in total. The third-order valence-corrected chi connectivity index (χ3v) is 2.17. The molecular weight excluding hydrogens is 218 g/mol. The number of aromatic nitrogens is 2. The second-order valence-electron chi connectivity index (χ2n) is 3.34. The predicted octanol–water partition coefficient (Wildman–Crippen LogP) is 1.67. The predicted molar refractivity (Wildman–Crippen MR) is 63.5 cm³/mol. The van der Waals surface area contributed by atoms with Crippen molar-refractivity contribution in [1.82, 2.24) is 9.66 Å². The molecule has 0 atom stereocenters. The summed E-state index contributed by atoms with van der Waals surface area (Å²) in [7, 11) is 0. The second-order valence-corrected chi connectivity index (χ2v) is 3.34. The highest BCUT2D eigenvalue weighted by Gasteiger charge is 2.11. The number of nitrogens with one attached hydrogen (secondary N) is 1. The molecule has 0 aliphatic heterocycles. The number of hydrogen-bond acceptors (Lipinski definition) is 3. The third kappa shape index (κ3) is 2.63. The van der Waals surface area contributed by atoms with Gasteiger partial charge in [0.1, 0.15) is 12.1 Å². The van der Waals surface area contributed by atoms with Gasteiger partial charge >= 0.3 is 0 Å². The van der Waals surface area contributed by atoms with Crippen LogP contribution in [0.15, 0.2) is 43.0 Å². The van der Waals surface area contributed by atoms with Gasteiger partial charge in [0.25, 0.3) is 5.91 Å². The molecule has 0 saturated heterocycles. The van der Waals surface area contributed by atoms with Crippen molar-refractivity contribution in [1.29, 1.82) is 0 Å². The molecule has 5 nitrogen and oxygen atoms in total. The van der Waals surface area contributed by atoms with Crippen LogP contribution in [0.2, 0.25) is 0 Å². The van der Waals surface area contributed by atoms with Gasteiger partial charge in [-0.1, -0.05) is 12.1 Å². The van der Waals surface area contributed by atoms with Crippen LogP contribution >= 0.6 is 0 Å². The lowest BCUT2D eigenvalue weighted by Crippen LogP contribution is -2.22. The Morgan fingerprint density at radius 1 is 1.47 bits per heavy atom. The maximum atomic E-state index is 12.0. The van der Waals surface area contributed by atoms with Crippen molar-refractivity contribution >= 4 is 5.91 Å². The topological polar surface area (TPSA) is 56.1 Å². The van der Waals surface area contributed by atoms with Crippen LogP contribution in [0.25, 0.3) is 0 Å². The lowest BCUT2D eigenvalue weighted by Gasteiger charge is -2.10. The van der Waals surface area contributed by atoms with Gasteiger partial charge in [0.15, 0.2) is 0 Å². The Bertz CT molecular complexity index is 494. The fraction of sp³-hybridized carbons (Fsp3) is 0.167. The van der Waals surface area contributed by atoms with Crippen molar-refractivity contribution in [2.24, 2.45) is 0 Å². The van der Waals surface area contributed by atoms with E-state index in [2.05, 4.69) is 10.4 Å². The van der Waals surface area contributed by atoms with Gasteiger partial charge in [0, 0.05) is 12.4 Å². The Kier molecular flexibility index (Phi) is 3.40. The van der Waals surface area contributed by atoms with Gasteiger partial charge in [0.05, 0.1) is 12.2 Å².